The molecule has 0 aliphatic carbocycles. The SMILES string of the molecule is CCOC(=O)CCCOc1cccc(COc2cc(Br)cc(C(=O)N(C)C)c2)c1CCC(=O)OCC. The molecule has 2 aromatic rings. The Morgan fingerprint density at radius 3 is 2.28 bits per heavy atom. The second-order valence-corrected chi connectivity index (χ2v) is 9.04. The van der Waals surface area contributed by atoms with Crippen molar-refractivity contribution in [1.29, 1.82) is 0 Å². The van der Waals surface area contributed by atoms with Gasteiger partial charge in [0.2, 0.25) is 0 Å². The summed E-state index contributed by atoms with van der Waals surface area (Å²) in [6.45, 7) is 4.75. The highest BCUT2D eigenvalue weighted by Gasteiger charge is 2.15. The van der Waals surface area contributed by atoms with Gasteiger partial charge in [-0.15, -0.1) is 0 Å². The summed E-state index contributed by atoms with van der Waals surface area (Å²) in [4.78, 5) is 37.5. The highest BCUT2D eigenvalue weighted by Crippen LogP contribution is 2.28. The quantitative estimate of drug-likeness (QED) is 0.237. The van der Waals surface area contributed by atoms with E-state index in [1.807, 2.05) is 18.2 Å². The van der Waals surface area contributed by atoms with Crippen molar-refractivity contribution in [2.75, 3.05) is 33.9 Å². The Morgan fingerprint density at radius 1 is 0.917 bits per heavy atom. The Hall–Kier alpha value is -3.07. The molecular formula is C27H34BrNO7. The van der Waals surface area contributed by atoms with Crippen LogP contribution < -0.4 is 9.47 Å². The third-order valence-corrected chi connectivity index (χ3v) is 5.58. The van der Waals surface area contributed by atoms with Crippen LogP contribution in [0, 0.1) is 0 Å². The van der Waals surface area contributed by atoms with Crippen molar-refractivity contribution in [2.45, 2.75) is 46.1 Å². The number of benzene rings is 2. The van der Waals surface area contributed by atoms with E-state index in [-0.39, 0.29) is 37.3 Å². The molecule has 0 heterocycles. The van der Waals surface area contributed by atoms with Gasteiger partial charge in [0.25, 0.3) is 5.91 Å². The highest BCUT2D eigenvalue weighted by molar-refractivity contribution is 9.10. The molecule has 9 heteroatoms. The van der Waals surface area contributed by atoms with Crippen LogP contribution in [0.1, 0.15) is 54.6 Å². The maximum atomic E-state index is 12.4. The zero-order chi connectivity index (χ0) is 26.5. The number of nitrogens with zero attached hydrogens (tertiary/aromatic N) is 1. The van der Waals surface area contributed by atoms with E-state index in [9.17, 15) is 14.4 Å². The molecule has 8 nitrogen and oxygen atoms in total. The summed E-state index contributed by atoms with van der Waals surface area (Å²) in [5.41, 5.74) is 2.19. The minimum Gasteiger partial charge on any atom is -0.493 e. The Morgan fingerprint density at radius 2 is 1.61 bits per heavy atom. The molecule has 0 aliphatic rings. The van der Waals surface area contributed by atoms with Gasteiger partial charge in [0.1, 0.15) is 18.1 Å². The van der Waals surface area contributed by atoms with Crippen molar-refractivity contribution < 1.29 is 33.3 Å². The van der Waals surface area contributed by atoms with Crippen LogP contribution in [-0.2, 0) is 32.1 Å². The fraction of sp³-hybridized carbons (Fsp3) is 0.444. The van der Waals surface area contributed by atoms with E-state index < -0.39 is 0 Å². The minimum absolute atomic E-state index is 0.130. The lowest BCUT2D eigenvalue weighted by Crippen LogP contribution is -2.21. The first kappa shape index (κ1) is 29.2. The van der Waals surface area contributed by atoms with Crippen LogP contribution in [0.25, 0.3) is 0 Å². The lowest BCUT2D eigenvalue weighted by molar-refractivity contribution is -0.144. The van der Waals surface area contributed by atoms with Gasteiger partial charge >= 0.3 is 11.9 Å². The maximum absolute atomic E-state index is 12.4. The van der Waals surface area contributed by atoms with Crippen LogP contribution in [-0.4, -0.2) is 56.7 Å². The molecule has 2 rings (SSSR count). The average molecular weight is 564 g/mol. The molecule has 36 heavy (non-hydrogen) atoms. The summed E-state index contributed by atoms with van der Waals surface area (Å²) < 4.78 is 22.8. The molecule has 0 fully saturated rings. The Labute approximate surface area is 221 Å². The number of halogens is 1. The molecule has 196 valence electrons. The summed E-state index contributed by atoms with van der Waals surface area (Å²) in [6, 6.07) is 10.8. The molecule has 2 aromatic carbocycles. The summed E-state index contributed by atoms with van der Waals surface area (Å²) in [6.07, 6.45) is 1.39. The number of ether oxygens (including phenoxy) is 4. The third-order valence-electron chi connectivity index (χ3n) is 5.12. The van der Waals surface area contributed by atoms with E-state index in [2.05, 4.69) is 15.9 Å². The van der Waals surface area contributed by atoms with Gasteiger partial charge in [-0.3, -0.25) is 14.4 Å². The normalized spacial score (nSPS) is 10.5. The smallest absolute Gasteiger partial charge is 0.306 e. The summed E-state index contributed by atoms with van der Waals surface area (Å²) in [7, 11) is 3.38. The Balaban J connectivity index is 2.18. The average Bonchev–Trinajstić information content (AvgIpc) is 2.84. The number of hydrogen-bond acceptors (Lipinski definition) is 7. The van der Waals surface area contributed by atoms with Crippen molar-refractivity contribution in [2.24, 2.45) is 0 Å². The van der Waals surface area contributed by atoms with Gasteiger partial charge in [-0.05, 0) is 56.5 Å². The van der Waals surface area contributed by atoms with Crippen LogP contribution in [0.2, 0.25) is 0 Å². The topological polar surface area (TPSA) is 91.4 Å². The first-order valence-corrected chi connectivity index (χ1v) is 12.7. The first-order chi connectivity index (χ1) is 17.2. The zero-order valence-electron chi connectivity index (χ0n) is 21.3. The van der Waals surface area contributed by atoms with Gasteiger partial charge in [-0.1, -0.05) is 28.1 Å². The van der Waals surface area contributed by atoms with Gasteiger partial charge in [-0.2, -0.15) is 0 Å². The van der Waals surface area contributed by atoms with Crippen LogP contribution in [0.4, 0.5) is 0 Å². The molecule has 0 saturated carbocycles. The van der Waals surface area contributed by atoms with Crippen LogP contribution in [0.15, 0.2) is 40.9 Å². The van der Waals surface area contributed by atoms with E-state index >= 15 is 0 Å². The number of hydrogen-bond donors (Lipinski definition) is 0. The maximum Gasteiger partial charge on any atom is 0.306 e. The molecule has 0 saturated heterocycles. The standard InChI is InChI=1S/C27H34BrNO7/c1-5-33-25(30)11-8-14-35-24-10-7-9-19(23(24)12-13-26(31)34-6-2)18-36-22-16-20(15-21(28)17-22)27(32)29(3)4/h7,9-10,15-17H,5-6,8,11-14,18H2,1-4H3. The van der Waals surface area contributed by atoms with Crippen molar-refractivity contribution in [3.63, 3.8) is 0 Å². The molecule has 0 spiro atoms. The zero-order valence-corrected chi connectivity index (χ0v) is 22.9. The molecule has 0 aliphatic heterocycles. The molecule has 0 radical (unpaired) electrons. The molecule has 0 unspecified atom stereocenters. The van der Waals surface area contributed by atoms with Gasteiger partial charge in [0.15, 0.2) is 0 Å². The Bertz CT molecular complexity index is 1040. The molecule has 0 bridgehead atoms. The Kier molecular flexibility index (Phi) is 12.3. The molecule has 1 amide bonds. The number of rotatable bonds is 14. The molecule has 0 atom stereocenters. The second-order valence-electron chi connectivity index (χ2n) is 8.12. The largest absolute Gasteiger partial charge is 0.493 e. The second kappa shape index (κ2) is 15.1. The predicted molar refractivity (Wildman–Crippen MR) is 139 cm³/mol. The van der Waals surface area contributed by atoms with E-state index in [1.54, 1.807) is 46.1 Å². The van der Waals surface area contributed by atoms with Crippen LogP contribution >= 0.6 is 15.9 Å². The van der Waals surface area contributed by atoms with E-state index in [4.69, 9.17) is 18.9 Å². The van der Waals surface area contributed by atoms with E-state index in [0.717, 1.165) is 15.6 Å². The first-order valence-electron chi connectivity index (χ1n) is 11.9. The molecule has 0 aromatic heterocycles. The fourth-order valence-electron chi connectivity index (χ4n) is 3.45. The minimum atomic E-state index is -0.291. The van der Waals surface area contributed by atoms with Crippen LogP contribution in [0.3, 0.4) is 0 Å². The lowest BCUT2D eigenvalue weighted by Gasteiger charge is -2.17. The van der Waals surface area contributed by atoms with Crippen molar-refractivity contribution in [1.82, 2.24) is 4.90 Å². The van der Waals surface area contributed by atoms with Gasteiger partial charge < -0.3 is 23.8 Å². The van der Waals surface area contributed by atoms with Gasteiger partial charge in [0, 0.05) is 42.5 Å². The van der Waals surface area contributed by atoms with Crippen LogP contribution in [0.5, 0.6) is 11.5 Å². The van der Waals surface area contributed by atoms with Crippen molar-refractivity contribution in [3.05, 3.63) is 57.6 Å². The number of esters is 2. The molecular weight excluding hydrogens is 530 g/mol. The summed E-state index contributed by atoms with van der Waals surface area (Å²) in [5.74, 6) is 0.482. The number of amides is 1. The van der Waals surface area contributed by atoms with Gasteiger partial charge in [-0.25, -0.2) is 0 Å². The lowest BCUT2D eigenvalue weighted by atomic mass is 10.0. The predicted octanol–water partition coefficient (Wildman–Crippen LogP) is 4.95. The van der Waals surface area contributed by atoms with E-state index in [1.165, 1.54) is 4.90 Å². The summed E-state index contributed by atoms with van der Waals surface area (Å²) >= 11 is 3.44. The summed E-state index contributed by atoms with van der Waals surface area (Å²) in [5, 5.41) is 0. The van der Waals surface area contributed by atoms with Crippen molar-refractivity contribution >= 4 is 33.8 Å². The fourth-order valence-corrected chi connectivity index (χ4v) is 3.92. The molecule has 0 N–H and O–H groups in total. The van der Waals surface area contributed by atoms with Crippen molar-refractivity contribution in [3.8, 4) is 11.5 Å². The van der Waals surface area contributed by atoms with E-state index in [0.29, 0.717) is 49.7 Å². The third kappa shape index (κ3) is 9.53. The number of carbonyl (C=O) groups excluding carboxylic acids is 3. The highest BCUT2D eigenvalue weighted by atomic mass is 79.9. The monoisotopic (exact) mass is 563 g/mol. The van der Waals surface area contributed by atoms with Gasteiger partial charge in [0.05, 0.1) is 19.8 Å². The number of carbonyl (C=O) groups is 3.